The summed E-state index contributed by atoms with van der Waals surface area (Å²) in [7, 11) is 0. The maximum absolute atomic E-state index is 13.7. The van der Waals surface area contributed by atoms with Crippen LogP contribution in [0.25, 0.3) is 0 Å². The molecule has 2 aromatic carbocycles. The number of rotatable bonds is 7. The van der Waals surface area contributed by atoms with Gasteiger partial charge in [-0.15, -0.1) is 0 Å². The zero-order valence-electron chi connectivity index (χ0n) is 18.8. The molecule has 0 unspecified atom stereocenters. The summed E-state index contributed by atoms with van der Waals surface area (Å²) < 4.78 is 26.7. The van der Waals surface area contributed by atoms with Crippen molar-refractivity contribution in [3.8, 4) is 0 Å². The fourth-order valence-electron chi connectivity index (χ4n) is 4.44. The Morgan fingerprint density at radius 2 is 1.64 bits per heavy atom. The first-order valence-electron chi connectivity index (χ1n) is 11.6. The van der Waals surface area contributed by atoms with Crippen molar-refractivity contribution in [1.29, 1.82) is 0 Å². The van der Waals surface area contributed by atoms with Crippen molar-refractivity contribution >= 4 is 23.3 Å². The number of likely N-dealkylation sites (tertiary alicyclic amines) is 1. The molecule has 2 aromatic rings. The lowest BCUT2D eigenvalue weighted by atomic mass is 10.0. The van der Waals surface area contributed by atoms with Gasteiger partial charge in [0.15, 0.2) is 0 Å². The molecular formula is C25H30F2N4O2. The van der Waals surface area contributed by atoms with E-state index in [0.29, 0.717) is 23.4 Å². The molecule has 0 radical (unpaired) electrons. The van der Waals surface area contributed by atoms with Crippen molar-refractivity contribution < 1.29 is 18.4 Å². The molecule has 4 rings (SSSR count). The first-order valence-corrected chi connectivity index (χ1v) is 11.6. The minimum atomic E-state index is -0.855. The number of halogens is 2. The lowest BCUT2D eigenvalue weighted by molar-refractivity contribution is 0.0549. The Labute approximate surface area is 192 Å². The predicted molar refractivity (Wildman–Crippen MR) is 124 cm³/mol. The first kappa shape index (κ1) is 23.2. The third-order valence-electron chi connectivity index (χ3n) is 6.23. The van der Waals surface area contributed by atoms with Crippen LogP contribution in [0.15, 0.2) is 42.5 Å². The number of urea groups is 1. The highest BCUT2D eigenvalue weighted by molar-refractivity contribution is 6.00. The molecule has 1 saturated heterocycles. The van der Waals surface area contributed by atoms with Gasteiger partial charge >= 0.3 is 6.03 Å². The fraction of sp³-hybridized carbons (Fsp3) is 0.440. The molecule has 1 aliphatic heterocycles. The monoisotopic (exact) mass is 456 g/mol. The van der Waals surface area contributed by atoms with Gasteiger partial charge in [0.1, 0.15) is 11.6 Å². The normalized spacial score (nSPS) is 16.9. The summed E-state index contributed by atoms with van der Waals surface area (Å²) >= 11 is 0. The summed E-state index contributed by atoms with van der Waals surface area (Å²) in [5.74, 6) is -1.53. The van der Waals surface area contributed by atoms with Gasteiger partial charge in [-0.3, -0.25) is 4.79 Å². The van der Waals surface area contributed by atoms with Crippen LogP contribution in [0.5, 0.6) is 0 Å². The lowest BCUT2D eigenvalue weighted by Gasteiger charge is -2.39. The fourth-order valence-corrected chi connectivity index (χ4v) is 4.44. The van der Waals surface area contributed by atoms with Gasteiger partial charge in [-0.25, -0.2) is 13.6 Å². The van der Waals surface area contributed by atoms with Crippen molar-refractivity contribution in [1.82, 2.24) is 9.80 Å². The van der Waals surface area contributed by atoms with Gasteiger partial charge in [-0.1, -0.05) is 6.92 Å². The van der Waals surface area contributed by atoms with Crippen molar-refractivity contribution in [2.45, 2.75) is 51.1 Å². The molecule has 2 N–H and O–H groups in total. The van der Waals surface area contributed by atoms with Crippen molar-refractivity contribution in [2.75, 3.05) is 30.3 Å². The van der Waals surface area contributed by atoms with Gasteiger partial charge in [0.2, 0.25) is 0 Å². The number of benzene rings is 2. The summed E-state index contributed by atoms with van der Waals surface area (Å²) in [6, 6.07) is 9.60. The summed E-state index contributed by atoms with van der Waals surface area (Å²) in [5.41, 5.74) is 0.941. The summed E-state index contributed by atoms with van der Waals surface area (Å²) in [6.07, 6.45) is 5.26. The molecule has 2 fully saturated rings. The highest BCUT2D eigenvalue weighted by Gasteiger charge is 2.38. The lowest BCUT2D eigenvalue weighted by Crippen LogP contribution is -2.48. The summed E-state index contributed by atoms with van der Waals surface area (Å²) in [6.45, 7) is 5.36. The van der Waals surface area contributed by atoms with Crippen LogP contribution in [0, 0.1) is 11.6 Å². The van der Waals surface area contributed by atoms with Gasteiger partial charge in [-0.2, -0.15) is 0 Å². The minimum absolute atomic E-state index is 0.0378. The molecule has 0 spiro atoms. The summed E-state index contributed by atoms with van der Waals surface area (Å²) in [5, 5.41) is 4.95. The molecule has 1 heterocycles. The van der Waals surface area contributed by atoms with Crippen molar-refractivity contribution in [3.05, 3.63) is 59.7 Å². The average molecular weight is 457 g/mol. The standard InChI is InChI=1S/C25H30F2N4O2/c1-2-13-30-14-11-21(12-15-30)31(20-8-9-20)24(32)17-3-6-19(7-4-17)28-25(33)29-23-10-5-18(26)16-22(23)27/h3-7,10,16,20-21H,2,8-9,11-15H2,1H3,(H2,28,29,33). The Kier molecular flexibility index (Phi) is 7.23. The van der Waals surface area contributed by atoms with Gasteiger partial charge < -0.3 is 20.4 Å². The van der Waals surface area contributed by atoms with E-state index in [-0.39, 0.29) is 17.6 Å². The maximum Gasteiger partial charge on any atom is 0.323 e. The van der Waals surface area contributed by atoms with E-state index in [2.05, 4.69) is 27.4 Å². The number of hydrogen-bond acceptors (Lipinski definition) is 3. The number of piperidine rings is 1. The van der Waals surface area contributed by atoms with Gasteiger partial charge in [0.05, 0.1) is 5.69 Å². The van der Waals surface area contributed by atoms with Gasteiger partial charge in [-0.05, 0) is 75.0 Å². The Balaban J connectivity index is 1.36. The average Bonchev–Trinajstić information content (AvgIpc) is 3.63. The first-order chi connectivity index (χ1) is 15.9. The number of nitrogens with one attached hydrogen (secondary N) is 2. The van der Waals surface area contributed by atoms with E-state index in [9.17, 15) is 18.4 Å². The molecule has 3 amide bonds. The van der Waals surface area contributed by atoms with E-state index >= 15 is 0 Å². The van der Waals surface area contributed by atoms with Crippen molar-refractivity contribution in [2.24, 2.45) is 0 Å². The Morgan fingerprint density at radius 1 is 0.970 bits per heavy atom. The molecule has 0 aromatic heterocycles. The second-order valence-corrected chi connectivity index (χ2v) is 8.80. The SMILES string of the molecule is CCCN1CCC(N(C(=O)c2ccc(NC(=O)Nc3ccc(F)cc3F)cc2)C2CC2)CC1. The Bertz CT molecular complexity index is 986. The van der Waals surface area contributed by atoms with Crippen LogP contribution in [0.4, 0.5) is 25.0 Å². The third kappa shape index (κ3) is 5.87. The molecule has 1 saturated carbocycles. The molecule has 176 valence electrons. The zero-order valence-corrected chi connectivity index (χ0v) is 18.8. The highest BCUT2D eigenvalue weighted by Crippen LogP contribution is 2.33. The maximum atomic E-state index is 13.7. The molecular weight excluding hydrogens is 426 g/mol. The van der Waals surface area contributed by atoms with Gasteiger partial charge in [0.25, 0.3) is 5.91 Å². The van der Waals surface area contributed by atoms with E-state index in [1.807, 2.05) is 0 Å². The number of carbonyl (C=O) groups is 2. The molecule has 33 heavy (non-hydrogen) atoms. The van der Waals surface area contributed by atoms with E-state index in [1.165, 1.54) is 0 Å². The van der Waals surface area contributed by atoms with Crippen LogP contribution in [0.2, 0.25) is 0 Å². The number of anilines is 2. The second kappa shape index (κ2) is 10.3. The topological polar surface area (TPSA) is 64.7 Å². The summed E-state index contributed by atoms with van der Waals surface area (Å²) in [4.78, 5) is 30.0. The van der Waals surface area contributed by atoms with Crippen LogP contribution >= 0.6 is 0 Å². The molecule has 2 aliphatic rings. The smallest absolute Gasteiger partial charge is 0.323 e. The van der Waals surface area contributed by atoms with Crippen molar-refractivity contribution in [3.63, 3.8) is 0 Å². The Hall–Kier alpha value is -3.00. The molecule has 1 aliphatic carbocycles. The third-order valence-corrected chi connectivity index (χ3v) is 6.23. The number of hydrogen-bond donors (Lipinski definition) is 2. The number of amides is 3. The molecule has 0 bridgehead atoms. The number of nitrogens with zero attached hydrogens (tertiary/aromatic N) is 2. The van der Waals surface area contributed by atoms with E-state index < -0.39 is 17.7 Å². The number of carbonyl (C=O) groups excluding carboxylic acids is 2. The predicted octanol–water partition coefficient (Wildman–Crippen LogP) is 5.09. The van der Waals surface area contributed by atoms with Crippen LogP contribution in [-0.2, 0) is 0 Å². The van der Waals surface area contributed by atoms with Crippen LogP contribution in [0.3, 0.4) is 0 Å². The molecule has 0 atom stereocenters. The Morgan fingerprint density at radius 3 is 2.24 bits per heavy atom. The largest absolute Gasteiger partial charge is 0.333 e. The van der Waals surface area contributed by atoms with Crippen LogP contribution in [0.1, 0.15) is 49.4 Å². The van der Waals surface area contributed by atoms with E-state index in [0.717, 1.165) is 63.9 Å². The quantitative estimate of drug-likeness (QED) is 0.610. The van der Waals surface area contributed by atoms with E-state index in [1.54, 1.807) is 24.3 Å². The zero-order chi connectivity index (χ0) is 23.4. The molecule has 6 nitrogen and oxygen atoms in total. The second-order valence-electron chi connectivity index (χ2n) is 8.80. The highest BCUT2D eigenvalue weighted by atomic mass is 19.1. The van der Waals surface area contributed by atoms with Gasteiger partial charge in [0, 0.05) is 42.5 Å². The van der Waals surface area contributed by atoms with Crippen LogP contribution < -0.4 is 10.6 Å². The minimum Gasteiger partial charge on any atom is -0.333 e. The molecule has 8 heteroatoms. The van der Waals surface area contributed by atoms with Crippen LogP contribution in [-0.4, -0.2) is 53.5 Å². The van der Waals surface area contributed by atoms with E-state index in [4.69, 9.17) is 0 Å².